The number of aliphatic imine (C=N–C) groups is 1. The molecule has 0 aromatic heterocycles. The summed E-state index contributed by atoms with van der Waals surface area (Å²) in [6.45, 7) is 4.28. The van der Waals surface area contributed by atoms with Crippen molar-refractivity contribution in [3.63, 3.8) is 0 Å². The summed E-state index contributed by atoms with van der Waals surface area (Å²) in [7, 11) is 0. The minimum Gasteiger partial charge on any atom is -0.297 e. The van der Waals surface area contributed by atoms with Gasteiger partial charge in [-0.1, -0.05) is 26.0 Å². The van der Waals surface area contributed by atoms with E-state index in [4.69, 9.17) is 5.84 Å². The molecule has 0 radical (unpaired) electrons. The van der Waals surface area contributed by atoms with Gasteiger partial charge < -0.3 is 0 Å². The number of hydrazine groups is 1. The van der Waals surface area contributed by atoms with Gasteiger partial charge >= 0.3 is 0 Å². The van der Waals surface area contributed by atoms with E-state index in [1.54, 1.807) is 0 Å². The van der Waals surface area contributed by atoms with E-state index in [-0.39, 0.29) is 5.54 Å². The molecule has 15 heavy (non-hydrogen) atoms. The molecule has 0 saturated heterocycles. The van der Waals surface area contributed by atoms with Crippen LogP contribution in [0, 0.1) is 0 Å². The average Bonchev–Trinajstić information content (AvgIpc) is 2.31. The molecule has 1 aromatic carbocycles. The normalized spacial score (nSPS) is 17.7. The van der Waals surface area contributed by atoms with Crippen LogP contribution in [0.5, 0.6) is 0 Å². The standard InChI is InChI=1S/C12H17N3/c1-3-12(4-2)9-14-10-7-5-6-8-11(10)15(12)13/h5-9H,3-4,13H2,1-2H3. The van der Waals surface area contributed by atoms with Crippen molar-refractivity contribution < 1.29 is 0 Å². The molecular weight excluding hydrogens is 186 g/mol. The van der Waals surface area contributed by atoms with Crippen LogP contribution in [-0.2, 0) is 0 Å². The monoisotopic (exact) mass is 203 g/mol. The number of fused-ring (bicyclic) bond motifs is 1. The van der Waals surface area contributed by atoms with Crippen molar-refractivity contribution in [1.29, 1.82) is 0 Å². The van der Waals surface area contributed by atoms with Gasteiger partial charge in [-0.15, -0.1) is 0 Å². The Morgan fingerprint density at radius 3 is 2.60 bits per heavy atom. The number of para-hydroxylation sites is 2. The number of hydrogen-bond donors (Lipinski definition) is 1. The molecule has 2 rings (SSSR count). The number of rotatable bonds is 2. The Labute approximate surface area is 90.6 Å². The van der Waals surface area contributed by atoms with Crippen molar-refractivity contribution in [1.82, 2.24) is 0 Å². The summed E-state index contributed by atoms with van der Waals surface area (Å²) in [5.41, 5.74) is 1.86. The van der Waals surface area contributed by atoms with Crippen LogP contribution in [0.1, 0.15) is 26.7 Å². The quantitative estimate of drug-likeness (QED) is 0.751. The van der Waals surface area contributed by atoms with Gasteiger partial charge in [0.2, 0.25) is 0 Å². The summed E-state index contributed by atoms with van der Waals surface area (Å²) in [4.78, 5) is 4.49. The molecule has 1 aliphatic heterocycles. The fourth-order valence-corrected chi connectivity index (χ4v) is 2.04. The van der Waals surface area contributed by atoms with Crippen LogP contribution < -0.4 is 10.9 Å². The first-order chi connectivity index (χ1) is 7.23. The van der Waals surface area contributed by atoms with E-state index in [2.05, 4.69) is 18.8 Å². The third-order valence-electron chi connectivity index (χ3n) is 3.29. The number of hydrogen-bond acceptors (Lipinski definition) is 3. The van der Waals surface area contributed by atoms with Gasteiger partial charge in [-0.3, -0.25) is 10.0 Å². The lowest BCUT2D eigenvalue weighted by atomic mass is 9.91. The molecular formula is C12H17N3. The summed E-state index contributed by atoms with van der Waals surface area (Å²) in [5.74, 6) is 6.19. The van der Waals surface area contributed by atoms with Crippen LogP contribution in [-0.4, -0.2) is 11.8 Å². The molecule has 3 nitrogen and oxygen atoms in total. The first-order valence-corrected chi connectivity index (χ1v) is 5.42. The van der Waals surface area contributed by atoms with E-state index < -0.39 is 0 Å². The van der Waals surface area contributed by atoms with E-state index in [1.165, 1.54) is 0 Å². The summed E-state index contributed by atoms with van der Waals surface area (Å²) in [5, 5.41) is 1.86. The Bertz CT molecular complexity index is 380. The predicted octanol–water partition coefficient (Wildman–Crippen LogP) is 2.64. The second-order valence-corrected chi connectivity index (χ2v) is 3.93. The van der Waals surface area contributed by atoms with Gasteiger partial charge in [0.05, 0.1) is 16.9 Å². The Balaban J connectivity index is 2.49. The molecule has 0 spiro atoms. The first-order valence-electron chi connectivity index (χ1n) is 5.42. The Kier molecular flexibility index (Phi) is 2.49. The highest BCUT2D eigenvalue weighted by Crippen LogP contribution is 2.36. The molecule has 2 N–H and O–H groups in total. The second kappa shape index (κ2) is 3.66. The maximum atomic E-state index is 6.19. The summed E-state index contributed by atoms with van der Waals surface area (Å²) < 4.78 is 0. The maximum absolute atomic E-state index is 6.19. The van der Waals surface area contributed by atoms with E-state index in [1.807, 2.05) is 35.5 Å². The molecule has 3 heteroatoms. The van der Waals surface area contributed by atoms with Crippen molar-refractivity contribution >= 4 is 17.6 Å². The fourth-order valence-electron chi connectivity index (χ4n) is 2.04. The Hall–Kier alpha value is -1.35. The highest BCUT2D eigenvalue weighted by molar-refractivity contribution is 5.87. The van der Waals surface area contributed by atoms with E-state index in [0.717, 1.165) is 24.2 Å². The lowest BCUT2D eigenvalue weighted by Crippen LogP contribution is -2.55. The first kappa shape index (κ1) is 10.2. The largest absolute Gasteiger partial charge is 0.297 e. The van der Waals surface area contributed by atoms with Gasteiger partial charge in [0.15, 0.2) is 0 Å². The molecule has 0 aliphatic carbocycles. The van der Waals surface area contributed by atoms with Crippen molar-refractivity contribution in [3.8, 4) is 0 Å². The van der Waals surface area contributed by atoms with Crippen LogP contribution in [0.4, 0.5) is 11.4 Å². The number of nitrogens with two attached hydrogens (primary N) is 1. The summed E-state index contributed by atoms with van der Waals surface area (Å²) >= 11 is 0. The van der Waals surface area contributed by atoms with Crippen molar-refractivity contribution in [2.75, 3.05) is 5.01 Å². The number of benzene rings is 1. The predicted molar refractivity (Wildman–Crippen MR) is 64.6 cm³/mol. The molecule has 0 fully saturated rings. The molecule has 1 aliphatic rings. The molecule has 1 aromatic rings. The van der Waals surface area contributed by atoms with Gasteiger partial charge in [-0.2, -0.15) is 0 Å². The lowest BCUT2D eigenvalue weighted by molar-refractivity contribution is 0.484. The van der Waals surface area contributed by atoms with Crippen LogP contribution in [0.2, 0.25) is 0 Å². The third kappa shape index (κ3) is 1.43. The van der Waals surface area contributed by atoms with Crippen LogP contribution >= 0.6 is 0 Å². The Morgan fingerprint density at radius 2 is 1.93 bits per heavy atom. The zero-order chi connectivity index (χ0) is 10.9. The molecule has 0 unspecified atom stereocenters. The smallest absolute Gasteiger partial charge is 0.0906 e. The minimum atomic E-state index is -0.117. The van der Waals surface area contributed by atoms with Crippen molar-refractivity contribution in [3.05, 3.63) is 24.3 Å². The van der Waals surface area contributed by atoms with Crippen molar-refractivity contribution in [2.45, 2.75) is 32.2 Å². The summed E-state index contributed by atoms with van der Waals surface area (Å²) in [6, 6.07) is 7.98. The van der Waals surface area contributed by atoms with Gasteiger partial charge in [0.1, 0.15) is 0 Å². The van der Waals surface area contributed by atoms with Crippen molar-refractivity contribution in [2.24, 2.45) is 10.8 Å². The van der Waals surface area contributed by atoms with E-state index >= 15 is 0 Å². The van der Waals surface area contributed by atoms with Gasteiger partial charge in [-0.25, -0.2) is 5.84 Å². The lowest BCUT2D eigenvalue weighted by Gasteiger charge is -2.41. The van der Waals surface area contributed by atoms with E-state index in [9.17, 15) is 0 Å². The highest BCUT2D eigenvalue weighted by Gasteiger charge is 2.33. The molecule has 0 amide bonds. The topological polar surface area (TPSA) is 41.6 Å². The fraction of sp³-hybridized carbons (Fsp3) is 0.417. The molecule has 0 bridgehead atoms. The summed E-state index contributed by atoms with van der Waals surface area (Å²) in [6.07, 6.45) is 3.92. The van der Waals surface area contributed by atoms with Crippen LogP contribution in [0.15, 0.2) is 29.3 Å². The van der Waals surface area contributed by atoms with Gasteiger partial charge in [-0.05, 0) is 25.0 Å². The number of anilines is 1. The SMILES string of the molecule is CCC1(CC)C=Nc2ccccc2N1N. The van der Waals surface area contributed by atoms with Crippen LogP contribution in [0.25, 0.3) is 0 Å². The third-order valence-corrected chi connectivity index (χ3v) is 3.29. The zero-order valence-electron chi connectivity index (χ0n) is 9.27. The molecule has 0 atom stereocenters. The van der Waals surface area contributed by atoms with Crippen LogP contribution in [0.3, 0.4) is 0 Å². The van der Waals surface area contributed by atoms with Gasteiger partial charge in [0, 0.05) is 6.21 Å². The molecule has 80 valence electrons. The minimum absolute atomic E-state index is 0.117. The maximum Gasteiger partial charge on any atom is 0.0906 e. The Morgan fingerprint density at radius 1 is 1.27 bits per heavy atom. The highest BCUT2D eigenvalue weighted by atomic mass is 15.5. The number of nitrogens with zero attached hydrogens (tertiary/aromatic N) is 2. The second-order valence-electron chi connectivity index (χ2n) is 3.93. The average molecular weight is 203 g/mol. The molecule has 0 saturated carbocycles. The molecule has 1 heterocycles. The zero-order valence-corrected chi connectivity index (χ0v) is 9.27. The van der Waals surface area contributed by atoms with E-state index in [0.29, 0.717) is 0 Å². The van der Waals surface area contributed by atoms with Gasteiger partial charge in [0.25, 0.3) is 0 Å².